The molecule has 43 heavy (non-hydrogen) atoms. The summed E-state index contributed by atoms with van der Waals surface area (Å²) in [7, 11) is 2.20. The Kier molecular flexibility index (Phi) is 6.94. The van der Waals surface area contributed by atoms with Gasteiger partial charge in [-0.1, -0.05) is 46.6 Å². The van der Waals surface area contributed by atoms with Gasteiger partial charge in [-0.2, -0.15) is 0 Å². The molecule has 4 heterocycles. The van der Waals surface area contributed by atoms with Gasteiger partial charge in [0, 0.05) is 72.1 Å². The Hall–Kier alpha value is -2.71. The zero-order valence-corrected chi connectivity index (χ0v) is 26.1. The van der Waals surface area contributed by atoms with Gasteiger partial charge in [-0.05, 0) is 70.5 Å². The topological polar surface area (TPSA) is 67.5 Å². The largest absolute Gasteiger partial charge is 0.370 e. The van der Waals surface area contributed by atoms with Crippen LogP contribution < -0.4 is 4.90 Å². The fraction of sp³-hybridized carbons (Fsp3) is 0.500. The van der Waals surface area contributed by atoms with E-state index in [0.29, 0.717) is 33.8 Å². The van der Waals surface area contributed by atoms with Crippen molar-refractivity contribution < 1.29 is 9.26 Å². The quantitative estimate of drug-likeness (QED) is 0.210. The second-order valence-corrected chi connectivity index (χ2v) is 14.0. The minimum atomic E-state index is -0.134. The number of pyridine rings is 2. The first-order valence-electron chi connectivity index (χ1n) is 15.7. The second kappa shape index (κ2) is 10.7. The third kappa shape index (κ3) is 4.93. The Morgan fingerprint density at radius 3 is 2.35 bits per heavy atom. The number of para-hydroxylation sites is 1. The molecule has 9 heteroatoms. The van der Waals surface area contributed by atoms with Crippen LogP contribution in [0.25, 0.3) is 22.2 Å². The van der Waals surface area contributed by atoms with E-state index in [1.165, 1.54) is 16.8 Å². The van der Waals surface area contributed by atoms with E-state index >= 15 is 0 Å². The van der Waals surface area contributed by atoms with E-state index < -0.39 is 0 Å². The molecule has 224 valence electrons. The third-order valence-corrected chi connectivity index (χ3v) is 11.2. The molecular formula is C34H37Cl2N5O2. The number of ether oxygens (including phenoxy) is 1. The van der Waals surface area contributed by atoms with Crippen molar-refractivity contribution in [3.05, 3.63) is 69.8 Å². The maximum atomic E-state index is 6.89. The molecule has 1 aliphatic heterocycles. The average Bonchev–Trinajstić information content (AvgIpc) is 3.80. The van der Waals surface area contributed by atoms with Crippen LogP contribution >= 0.6 is 23.2 Å². The first kappa shape index (κ1) is 27.8. The molecule has 0 spiro atoms. The summed E-state index contributed by atoms with van der Waals surface area (Å²) in [5, 5.41) is 6.62. The van der Waals surface area contributed by atoms with Crippen molar-refractivity contribution in [1.29, 1.82) is 0 Å². The number of aromatic nitrogens is 3. The number of hydrogen-bond donors (Lipinski definition) is 0. The molecule has 0 unspecified atom stereocenters. The van der Waals surface area contributed by atoms with Crippen LogP contribution in [-0.2, 0) is 16.8 Å². The van der Waals surface area contributed by atoms with Gasteiger partial charge in [0.2, 0.25) is 0 Å². The molecular weight excluding hydrogens is 581 g/mol. The molecule has 2 bridgehead atoms. The Labute approximate surface area is 262 Å². The van der Waals surface area contributed by atoms with Crippen LogP contribution in [0, 0.1) is 0 Å². The van der Waals surface area contributed by atoms with Crippen LogP contribution in [0.3, 0.4) is 0 Å². The zero-order valence-electron chi connectivity index (χ0n) is 24.6. The summed E-state index contributed by atoms with van der Waals surface area (Å²) in [6, 6.07) is 11.2. The minimum Gasteiger partial charge on any atom is -0.370 e. The van der Waals surface area contributed by atoms with Crippen molar-refractivity contribution >= 4 is 39.8 Å². The van der Waals surface area contributed by atoms with Crippen molar-refractivity contribution in [2.24, 2.45) is 0 Å². The van der Waals surface area contributed by atoms with Crippen molar-refractivity contribution in [3.8, 4) is 11.3 Å². The summed E-state index contributed by atoms with van der Waals surface area (Å²) in [5.41, 5.74) is 6.02. The molecule has 0 radical (unpaired) electrons. The fourth-order valence-corrected chi connectivity index (χ4v) is 8.21. The number of fused-ring (bicyclic) bond motifs is 4. The molecule has 3 aromatic heterocycles. The van der Waals surface area contributed by atoms with Gasteiger partial charge in [-0.25, -0.2) is 0 Å². The summed E-state index contributed by atoms with van der Waals surface area (Å²) < 4.78 is 12.8. The van der Waals surface area contributed by atoms with Gasteiger partial charge in [0.15, 0.2) is 0 Å². The van der Waals surface area contributed by atoms with Crippen LogP contribution in [0.4, 0.5) is 5.69 Å². The summed E-state index contributed by atoms with van der Waals surface area (Å²) in [4.78, 5) is 14.5. The lowest BCUT2D eigenvalue weighted by Crippen LogP contribution is -2.50. The molecule has 1 aromatic carbocycles. The summed E-state index contributed by atoms with van der Waals surface area (Å²) in [5.74, 6) is 1.32. The number of piperazine rings is 1. The first-order valence-corrected chi connectivity index (χ1v) is 16.4. The number of nitrogens with zero attached hydrogens (tertiary/aromatic N) is 5. The maximum absolute atomic E-state index is 6.89. The Balaban J connectivity index is 1.03. The third-order valence-electron chi connectivity index (χ3n) is 10.6. The van der Waals surface area contributed by atoms with Crippen molar-refractivity contribution in [3.63, 3.8) is 0 Å². The van der Waals surface area contributed by atoms with E-state index in [2.05, 4.69) is 57.3 Å². The van der Waals surface area contributed by atoms with Gasteiger partial charge in [-0.15, -0.1) is 0 Å². The SMILES string of the molecule is CN1CCN(c2cccc3ccc(C45CCC(OCc6c(-c7c(Cl)cncc7Cl)noc6C6CC6)(CC4)CC5)nc23)CC1. The summed E-state index contributed by atoms with van der Waals surface area (Å²) in [6.45, 7) is 4.71. The van der Waals surface area contributed by atoms with E-state index in [0.717, 1.165) is 94.4 Å². The highest BCUT2D eigenvalue weighted by molar-refractivity contribution is 6.38. The van der Waals surface area contributed by atoms with Crippen LogP contribution in [0.5, 0.6) is 0 Å². The molecule has 5 fully saturated rings. The average molecular weight is 619 g/mol. The highest BCUT2D eigenvalue weighted by Crippen LogP contribution is 2.55. The molecule has 0 amide bonds. The van der Waals surface area contributed by atoms with Gasteiger partial charge in [0.25, 0.3) is 0 Å². The van der Waals surface area contributed by atoms with E-state index in [1.807, 2.05) is 0 Å². The number of halogens is 2. The van der Waals surface area contributed by atoms with E-state index in [1.54, 1.807) is 12.4 Å². The molecule has 0 N–H and O–H groups in total. The first-order chi connectivity index (χ1) is 20.9. The number of benzene rings is 1. The normalized spacial score (nSPS) is 26.0. The highest BCUT2D eigenvalue weighted by Gasteiger charge is 2.51. The lowest BCUT2D eigenvalue weighted by atomic mass is 9.57. The number of hydrogen-bond acceptors (Lipinski definition) is 7. The predicted octanol–water partition coefficient (Wildman–Crippen LogP) is 7.78. The van der Waals surface area contributed by atoms with Crippen LogP contribution in [-0.4, -0.2) is 58.9 Å². The zero-order chi connectivity index (χ0) is 29.2. The van der Waals surface area contributed by atoms with Crippen molar-refractivity contribution in [2.45, 2.75) is 74.9 Å². The smallest absolute Gasteiger partial charge is 0.145 e. The predicted molar refractivity (Wildman–Crippen MR) is 170 cm³/mol. The lowest BCUT2D eigenvalue weighted by molar-refractivity contribution is -0.127. The number of anilines is 1. The van der Waals surface area contributed by atoms with E-state index in [-0.39, 0.29) is 11.0 Å². The highest BCUT2D eigenvalue weighted by atomic mass is 35.5. The van der Waals surface area contributed by atoms with Crippen LogP contribution in [0.1, 0.15) is 74.3 Å². The maximum Gasteiger partial charge on any atom is 0.145 e. The van der Waals surface area contributed by atoms with Gasteiger partial charge in [0.05, 0.1) is 33.5 Å². The van der Waals surface area contributed by atoms with Gasteiger partial charge in [-0.3, -0.25) is 9.97 Å². The van der Waals surface area contributed by atoms with Crippen molar-refractivity contribution in [2.75, 3.05) is 38.1 Å². The summed E-state index contributed by atoms with van der Waals surface area (Å²) >= 11 is 13.1. The minimum absolute atomic E-state index is 0.119. The fourth-order valence-electron chi connectivity index (χ4n) is 7.67. The van der Waals surface area contributed by atoms with Crippen molar-refractivity contribution in [1.82, 2.24) is 20.0 Å². The standard InChI is InChI=1S/C34H37Cl2N5O2/c1-40-15-17-41(18-16-40)27-4-2-3-22-7-8-28(38-30(22)27)33-9-12-34(13-10-33,14-11-33)42-21-24-31(39-43-32(24)23-5-6-23)29-25(35)19-37-20-26(29)36/h2-4,7-8,19-20,23H,5-6,9-18,21H2,1H3. The molecule has 4 saturated carbocycles. The monoisotopic (exact) mass is 617 g/mol. The molecule has 4 aromatic rings. The van der Waals surface area contributed by atoms with E-state index in [9.17, 15) is 0 Å². The Bertz CT molecular complexity index is 1630. The molecule has 5 aliphatic rings. The number of rotatable bonds is 7. The lowest BCUT2D eigenvalue weighted by Gasteiger charge is -2.53. The Morgan fingerprint density at radius 1 is 0.930 bits per heavy atom. The van der Waals surface area contributed by atoms with Crippen LogP contribution in [0.15, 0.2) is 47.2 Å². The number of likely N-dealkylation sites (N-methyl/N-ethyl adjacent to an activating group) is 1. The molecule has 1 saturated heterocycles. The molecule has 9 rings (SSSR count). The van der Waals surface area contributed by atoms with Crippen LogP contribution in [0.2, 0.25) is 10.0 Å². The van der Waals surface area contributed by atoms with Gasteiger partial charge in [0.1, 0.15) is 11.5 Å². The molecule has 4 aliphatic carbocycles. The Morgan fingerprint density at radius 2 is 1.65 bits per heavy atom. The molecule has 7 nitrogen and oxygen atoms in total. The summed E-state index contributed by atoms with van der Waals surface area (Å²) in [6.07, 6.45) is 11.8. The van der Waals surface area contributed by atoms with Gasteiger partial charge < -0.3 is 19.1 Å². The molecule has 0 atom stereocenters. The van der Waals surface area contributed by atoms with Gasteiger partial charge >= 0.3 is 0 Å². The van der Waals surface area contributed by atoms with E-state index in [4.69, 9.17) is 37.4 Å². The second-order valence-electron chi connectivity index (χ2n) is 13.2.